The van der Waals surface area contributed by atoms with Crippen LogP contribution < -0.4 is 4.72 Å². The summed E-state index contributed by atoms with van der Waals surface area (Å²) in [4.78, 5) is 13.3. The average molecular weight is 468 g/mol. The molecule has 1 heterocycles. The molecule has 1 amide bonds. The lowest BCUT2D eigenvalue weighted by Gasteiger charge is -2.13. The summed E-state index contributed by atoms with van der Waals surface area (Å²) in [5.74, 6) is -0.778. The van der Waals surface area contributed by atoms with Gasteiger partial charge in [0, 0.05) is 28.9 Å². The van der Waals surface area contributed by atoms with E-state index < -0.39 is 27.1 Å². The number of hydrogen-bond acceptors (Lipinski definition) is 5. The van der Waals surface area contributed by atoms with Crippen LogP contribution in [0, 0.1) is 0 Å². The number of carbonyl (C=O) groups excluding carboxylic acids is 1. The number of hydrogen-bond donors (Lipinski definition) is 1. The maximum Gasteiger partial charge on any atom is 0.273 e. The van der Waals surface area contributed by atoms with Crippen molar-refractivity contribution in [3.05, 3.63) is 95.9 Å². The van der Waals surface area contributed by atoms with Crippen molar-refractivity contribution in [3.8, 4) is 0 Å². The Morgan fingerprint density at radius 2 is 1.68 bits per heavy atom. The zero-order valence-electron chi connectivity index (χ0n) is 16.1. The van der Waals surface area contributed by atoms with Gasteiger partial charge in [-0.2, -0.15) is 0 Å². The largest absolute Gasteiger partial charge is 0.606 e. The van der Waals surface area contributed by atoms with Gasteiger partial charge in [-0.25, -0.2) is 13.1 Å². The third-order valence-corrected chi connectivity index (χ3v) is 8.66. The number of benzene rings is 3. The van der Waals surface area contributed by atoms with Gasteiger partial charge in [-0.15, -0.1) is 11.3 Å². The van der Waals surface area contributed by atoms with Gasteiger partial charge in [0.25, 0.3) is 15.9 Å². The van der Waals surface area contributed by atoms with Crippen molar-refractivity contribution >= 4 is 55.3 Å². The van der Waals surface area contributed by atoms with Crippen molar-refractivity contribution in [2.45, 2.75) is 14.0 Å². The fourth-order valence-electron chi connectivity index (χ4n) is 3.00. The molecule has 0 bridgehead atoms. The summed E-state index contributed by atoms with van der Waals surface area (Å²) < 4.78 is 39.7. The van der Waals surface area contributed by atoms with Gasteiger partial charge in [0.05, 0.1) is 0 Å². The molecule has 4 aromatic rings. The van der Waals surface area contributed by atoms with E-state index in [1.807, 2.05) is 47.2 Å². The van der Waals surface area contributed by atoms with Crippen LogP contribution in [0.4, 0.5) is 0 Å². The minimum Gasteiger partial charge on any atom is -0.606 e. The summed E-state index contributed by atoms with van der Waals surface area (Å²) in [7, 11) is -3.90. The zero-order valence-corrected chi connectivity index (χ0v) is 18.5. The predicted octanol–water partition coefficient (Wildman–Crippen LogP) is 4.59. The van der Waals surface area contributed by atoms with E-state index in [1.165, 1.54) is 12.1 Å². The van der Waals surface area contributed by atoms with Crippen molar-refractivity contribution in [1.29, 1.82) is 0 Å². The van der Waals surface area contributed by atoms with E-state index in [0.29, 0.717) is 15.4 Å². The Morgan fingerprint density at radius 3 is 2.45 bits per heavy atom. The molecule has 31 heavy (non-hydrogen) atoms. The number of thiophene rings is 1. The van der Waals surface area contributed by atoms with E-state index in [4.69, 9.17) is 0 Å². The second-order valence-electron chi connectivity index (χ2n) is 6.55. The van der Waals surface area contributed by atoms with Crippen molar-refractivity contribution in [2.24, 2.45) is 0 Å². The third kappa shape index (κ3) is 4.88. The highest BCUT2D eigenvalue weighted by Crippen LogP contribution is 2.27. The predicted molar refractivity (Wildman–Crippen MR) is 124 cm³/mol. The quantitative estimate of drug-likeness (QED) is 0.332. The van der Waals surface area contributed by atoms with E-state index in [0.717, 1.165) is 28.2 Å². The SMILES string of the molecule is O=C(C=Cc1ccccc1[S+]([O-])c1ccc2ccccc2c1)NS(=O)(=O)c1cccs1. The van der Waals surface area contributed by atoms with Crippen LogP contribution >= 0.6 is 11.3 Å². The molecule has 5 nitrogen and oxygen atoms in total. The minimum absolute atomic E-state index is 0.0621. The number of amides is 1. The number of carbonyl (C=O) groups is 1. The molecule has 0 aliphatic heterocycles. The van der Waals surface area contributed by atoms with E-state index in [1.54, 1.807) is 35.7 Å². The first-order valence-corrected chi connectivity index (χ1v) is 12.7. The standard InChI is InChI=1S/C23H17NO4S3/c25-22(24-31(27,28)23-10-5-15-29-23)14-12-18-7-3-4-9-21(18)30(26)20-13-11-17-6-1-2-8-19(17)16-20/h1-16H,(H,24,25). The van der Waals surface area contributed by atoms with Crippen LogP contribution in [0.3, 0.4) is 0 Å². The molecule has 1 unspecified atom stereocenters. The molecule has 0 aliphatic carbocycles. The summed E-state index contributed by atoms with van der Waals surface area (Å²) in [5, 5.41) is 3.66. The number of nitrogens with one attached hydrogen (secondary N) is 1. The topological polar surface area (TPSA) is 86.3 Å². The van der Waals surface area contributed by atoms with Crippen molar-refractivity contribution in [3.63, 3.8) is 0 Å². The summed E-state index contributed by atoms with van der Waals surface area (Å²) in [6.45, 7) is 0. The lowest BCUT2D eigenvalue weighted by atomic mass is 10.1. The van der Waals surface area contributed by atoms with E-state index in [2.05, 4.69) is 0 Å². The normalized spacial score (nSPS) is 12.8. The molecule has 1 aromatic heterocycles. The highest BCUT2D eigenvalue weighted by Gasteiger charge is 2.20. The highest BCUT2D eigenvalue weighted by atomic mass is 32.2. The van der Waals surface area contributed by atoms with E-state index >= 15 is 0 Å². The van der Waals surface area contributed by atoms with Gasteiger partial charge in [-0.1, -0.05) is 42.5 Å². The first-order chi connectivity index (χ1) is 14.9. The van der Waals surface area contributed by atoms with Crippen molar-refractivity contribution < 1.29 is 17.8 Å². The second kappa shape index (κ2) is 9.07. The van der Waals surface area contributed by atoms with Crippen LogP contribution in [0.5, 0.6) is 0 Å². The number of sulfonamides is 1. The lowest BCUT2D eigenvalue weighted by Crippen LogP contribution is -2.28. The van der Waals surface area contributed by atoms with Crippen LogP contribution in [0.25, 0.3) is 16.8 Å². The van der Waals surface area contributed by atoms with E-state index in [9.17, 15) is 17.8 Å². The van der Waals surface area contributed by atoms with E-state index in [-0.39, 0.29) is 4.21 Å². The summed E-state index contributed by atoms with van der Waals surface area (Å²) in [5.41, 5.74) is 0.567. The molecule has 156 valence electrons. The average Bonchev–Trinajstić information content (AvgIpc) is 3.33. The Morgan fingerprint density at radius 1 is 0.935 bits per heavy atom. The number of fused-ring (bicyclic) bond motifs is 1. The van der Waals surface area contributed by atoms with Crippen molar-refractivity contribution in [1.82, 2.24) is 4.72 Å². The molecule has 1 N–H and O–H groups in total. The second-order valence-corrected chi connectivity index (χ2v) is 10.9. The Balaban J connectivity index is 1.57. The maximum atomic E-state index is 13.2. The van der Waals surface area contributed by atoms with Gasteiger partial charge in [0.15, 0.2) is 9.79 Å². The number of rotatable bonds is 6. The first kappa shape index (κ1) is 21.3. The maximum absolute atomic E-state index is 13.2. The highest BCUT2D eigenvalue weighted by molar-refractivity contribution is 7.92. The summed E-state index contributed by atoms with van der Waals surface area (Å²) in [6.07, 6.45) is 2.59. The van der Waals surface area contributed by atoms with Crippen LogP contribution in [-0.4, -0.2) is 18.9 Å². The van der Waals surface area contributed by atoms with Gasteiger partial charge in [-0.3, -0.25) is 4.79 Å². The summed E-state index contributed by atoms with van der Waals surface area (Å²) in [6, 6.07) is 23.4. The zero-order chi connectivity index (χ0) is 21.8. The van der Waals surface area contributed by atoms with Crippen LogP contribution in [0.1, 0.15) is 5.56 Å². The summed E-state index contributed by atoms with van der Waals surface area (Å²) >= 11 is -0.448. The Kier molecular flexibility index (Phi) is 6.24. The van der Waals surface area contributed by atoms with Crippen LogP contribution in [0.2, 0.25) is 0 Å². The molecule has 0 fully saturated rings. The van der Waals surface area contributed by atoms with Gasteiger partial charge < -0.3 is 4.55 Å². The Bertz CT molecular complexity index is 1360. The fraction of sp³-hybridized carbons (Fsp3) is 0. The molecule has 0 saturated heterocycles. The minimum atomic E-state index is -3.90. The van der Waals surface area contributed by atoms with Gasteiger partial charge >= 0.3 is 0 Å². The van der Waals surface area contributed by atoms with Gasteiger partial charge in [-0.05, 0) is 52.6 Å². The molecular formula is C23H17NO4S3. The molecule has 3 aromatic carbocycles. The molecular weight excluding hydrogens is 450 g/mol. The fourth-order valence-corrected chi connectivity index (χ4v) is 6.17. The Labute approximate surface area is 187 Å². The van der Waals surface area contributed by atoms with Gasteiger partial charge in [0.1, 0.15) is 4.21 Å². The molecule has 8 heteroatoms. The molecule has 0 saturated carbocycles. The first-order valence-electron chi connectivity index (χ1n) is 9.22. The monoisotopic (exact) mass is 467 g/mol. The molecule has 4 rings (SSSR count). The van der Waals surface area contributed by atoms with Gasteiger partial charge in [0.2, 0.25) is 0 Å². The van der Waals surface area contributed by atoms with Crippen molar-refractivity contribution in [2.75, 3.05) is 0 Å². The van der Waals surface area contributed by atoms with Crippen LogP contribution in [0.15, 0.2) is 104 Å². The lowest BCUT2D eigenvalue weighted by molar-refractivity contribution is -0.114. The molecule has 0 aliphatic rings. The molecule has 0 spiro atoms. The Hall–Kier alpha value is -2.91. The molecule has 1 atom stereocenters. The third-order valence-electron chi connectivity index (χ3n) is 4.46. The molecule has 0 radical (unpaired) electrons. The van der Waals surface area contributed by atoms with Crippen LogP contribution in [-0.2, 0) is 26.0 Å². The smallest absolute Gasteiger partial charge is 0.273 e.